The van der Waals surface area contributed by atoms with E-state index in [0.717, 1.165) is 10.2 Å². The molecule has 0 aliphatic rings. The molecule has 0 bridgehead atoms. The van der Waals surface area contributed by atoms with Gasteiger partial charge in [0.05, 0.1) is 0 Å². The van der Waals surface area contributed by atoms with Gasteiger partial charge in [0.25, 0.3) is 0 Å². The standard InChI is InChI=1S/C27H24BrN/c1-19-4-13-25(14-5-19)29(27-17-6-20(2)18-21(27)3)26-15-9-23(10-16-26)22-7-11-24(28)12-8-22/h4-18H,1-3H3. The molecule has 4 aromatic rings. The summed E-state index contributed by atoms with van der Waals surface area (Å²) < 4.78 is 1.10. The lowest BCUT2D eigenvalue weighted by atomic mass is 10.0. The Morgan fingerprint density at radius 2 is 1.03 bits per heavy atom. The van der Waals surface area contributed by atoms with Gasteiger partial charge < -0.3 is 4.90 Å². The predicted molar refractivity (Wildman–Crippen MR) is 128 cm³/mol. The van der Waals surface area contributed by atoms with Crippen LogP contribution in [-0.2, 0) is 0 Å². The van der Waals surface area contributed by atoms with Gasteiger partial charge in [0.2, 0.25) is 0 Å². The molecule has 0 saturated carbocycles. The number of benzene rings is 4. The summed E-state index contributed by atoms with van der Waals surface area (Å²) in [6.45, 7) is 6.44. The first kappa shape index (κ1) is 19.5. The Bertz CT molecular complexity index is 1110. The molecule has 4 aromatic carbocycles. The van der Waals surface area contributed by atoms with Crippen molar-refractivity contribution in [1.82, 2.24) is 0 Å². The molecule has 0 fully saturated rings. The van der Waals surface area contributed by atoms with Gasteiger partial charge in [-0.1, -0.05) is 75.6 Å². The third kappa shape index (κ3) is 4.28. The molecule has 0 saturated heterocycles. The summed E-state index contributed by atoms with van der Waals surface area (Å²) in [6.07, 6.45) is 0. The van der Waals surface area contributed by atoms with Crippen molar-refractivity contribution in [1.29, 1.82) is 0 Å². The number of nitrogens with zero attached hydrogens (tertiary/aromatic N) is 1. The molecule has 29 heavy (non-hydrogen) atoms. The summed E-state index contributed by atoms with van der Waals surface area (Å²) in [5.41, 5.74) is 9.76. The minimum absolute atomic E-state index is 1.10. The first-order chi connectivity index (χ1) is 14.0. The molecular weight excluding hydrogens is 418 g/mol. The van der Waals surface area contributed by atoms with Crippen molar-refractivity contribution in [2.45, 2.75) is 20.8 Å². The summed E-state index contributed by atoms with van der Waals surface area (Å²) in [5, 5.41) is 0. The van der Waals surface area contributed by atoms with E-state index in [0.29, 0.717) is 0 Å². The first-order valence-electron chi connectivity index (χ1n) is 9.81. The van der Waals surface area contributed by atoms with Gasteiger partial charge >= 0.3 is 0 Å². The van der Waals surface area contributed by atoms with Crippen molar-refractivity contribution in [3.8, 4) is 11.1 Å². The Kier molecular flexibility index (Phi) is 5.55. The van der Waals surface area contributed by atoms with Crippen molar-refractivity contribution < 1.29 is 0 Å². The van der Waals surface area contributed by atoms with E-state index in [1.54, 1.807) is 0 Å². The van der Waals surface area contributed by atoms with Crippen molar-refractivity contribution >= 4 is 33.0 Å². The van der Waals surface area contributed by atoms with E-state index in [1.165, 1.54) is 39.2 Å². The van der Waals surface area contributed by atoms with E-state index < -0.39 is 0 Å². The molecule has 144 valence electrons. The molecule has 0 amide bonds. The maximum absolute atomic E-state index is 3.51. The van der Waals surface area contributed by atoms with Gasteiger partial charge in [0, 0.05) is 21.5 Å². The number of hydrogen-bond acceptors (Lipinski definition) is 1. The fraction of sp³-hybridized carbons (Fsp3) is 0.111. The third-order valence-corrected chi connectivity index (χ3v) is 5.72. The van der Waals surface area contributed by atoms with E-state index in [4.69, 9.17) is 0 Å². The van der Waals surface area contributed by atoms with Gasteiger partial charge in [-0.25, -0.2) is 0 Å². The van der Waals surface area contributed by atoms with Crippen molar-refractivity contribution in [2.24, 2.45) is 0 Å². The zero-order valence-corrected chi connectivity index (χ0v) is 18.6. The number of hydrogen-bond donors (Lipinski definition) is 0. The second-order valence-electron chi connectivity index (χ2n) is 7.51. The molecule has 0 aliphatic heterocycles. The molecule has 0 aromatic heterocycles. The Balaban J connectivity index is 1.78. The number of rotatable bonds is 4. The van der Waals surface area contributed by atoms with Crippen molar-refractivity contribution in [3.05, 3.63) is 112 Å². The Morgan fingerprint density at radius 1 is 0.552 bits per heavy atom. The van der Waals surface area contributed by atoms with Crippen LogP contribution in [0.3, 0.4) is 0 Å². The zero-order valence-electron chi connectivity index (χ0n) is 17.0. The number of halogens is 1. The minimum Gasteiger partial charge on any atom is -0.310 e. The molecule has 0 heterocycles. The van der Waals surface area contributed by atoms with Crippen molar-refractivity contribution in [2.75, 3.05) is 4.90 Å². The quantitative estimate of drug-likeness (QED) is 0.306. The molecule has 0 radical (unpaired) electrons. The molecule has 0 N–H and O–H groups in total. The lowest BCUT2D eigenvalue weighted by molar-refractivity contribution is 1.23. The van der Waals surface area contributed by atoms with E-state index in [9.17, 15) is 0 Å². The van der Waals surface area contributed by atoms with Crippen LogP contribution in [0.4, 0.5) is 17.1 Å². The average molecular weight is 442 g/mol. The first-order valence-corrected chi connectivity index (χ1v) is 10.6. The molecular formula is C27H24BrN. The predicted octanol–water partition coefficient (Wildman–Crippen LogP) is 8.51. The third-order valence-electron chi connectivity index (χ3n) is 5.19. The minimum atomic E-state index is 1.10. The van der Waals surface area contributed by atoms with Crippen LogP contribution in [-0.4, -0.2) is 0 Å². The second-order valence-corrected chi connectivity index (χ2v) is 8.43. The molecule has 0 aliphatic carbocycles. The highest BCUT2D eigenvalue weighted by atomic mass is 79.9. The van der Waals surface area contributed by atoms with Crippen molar-refractivity contribution in [3.63, 3.8) is 0 Å². The topological polar surface area (TPSA) is 3.24 Å². The fourth-order valence-corrected chi connectivity index (χ4v) is 3.89. The zero-order chi connectivity index (χ0) is 20.4. The van der Waals surface area contributed by atoms with E-state index in [1.807, 2.05) is 0 Å². The van der Waals surface area contributed by atoms with Gasteiger partial charge in [-0.05, 0) is 79.9 Å². The lowest BCUT2D eigenvalue weighted by Gasteiger charge is -2.27. The van der Waals surface area contributed by atoms with Crippen LogP contribution in [0.1, 0.15) is 16.7 Å². The summed E-state index contributed by atoms with van der Waals surface area (Å²) in [6, 6.07) is 32.6. The number of aryl methyl sites for hydroxylation is 3. The average Bonchev–Trinajstić information content (AvgIpc) is 2.72. The van der Waals surface area contributed by atoms with E-state index in [2.05, 4.69) is 133 Å². The van der Waals surface area contributed by atoms with E-state index >= 15 is 0 Å². The maximum Gasteiger partial charge on any atom is 0.0490 e. The maximum atomic E-state index is 3.51. The van der Waals surface area contributed by atoms with Crippen LogP contribution in [0.15, 0.2) is 95.5 Å². The summed E-state index contributed by atoms with van der Waals surface area (Å²) >= 11 is 3.51. The normalized spacial score (nSPS) is 10.8. The largest absolute Gasteiger partial charge is 0.310 e. The van der Waals surface area contributed by atoms with Crippen LogP contribution in [0.2, 0.25) is 0 Å². The van der Waals surface area contributed by atoms with Gasteiger partial charge in [0.1, 0.15) is 0 Å². The van der Waals surface area contributed by atoms with E-state index in [-0.39, 0.29) is 0 Å². The van der Waals surface area contributed by atoms with Gasteiger partial charge in [-0.2, -0.15) is 0 Å². The highest BCUT2D eigenvalue weighted by Crippen LogP contribution is 2.37. The Morgan fingerprint density at radius 3 is 1.59 bits per heavy atom. The molecule has 0 unspecified atom stereocenters. The van der Waals surface area contributed by atoms with Crippen LogP contribution in [0, 0.1) is 20.8 Å². The van der Waals surface area contributed by atoms with Gasteiger partial charge in [0.15, 0.2) is 0 Å². The van der Waals surface area contributed by atoms with Crippen LogP contribution < -0.4 is 4.90 Å². The second kappa shape index (κ2) is 8.26. The fourth-order valence-electron chi connectivity index (χ4n) is 3.62. The Hall–Kier alpha value is -2.84. The molecule has 4 rings (SSSR count). The number of anilines is 3. The van der Waals surface area contributed by atoms with Gasteiger partial charge in [-0.3, -0.25) is 0 Å². The molecule has 2 heteroatoms. The smallest absolute Gasteiger partial charge is 0.0490 e. The van der Waals surface area contributed by atoms with Crippen LogP contribution in [0.5, 0.6) is 0 Å². The Labute approximate surface area is 181 Å². The SMILES string of the molecule is Cc1ccc(N(c2ccc(-c3ccc(Br)cc3)cc2)c2ccc(C)cc2C)cc1. The summed E-state index contributed by atoms with van der Waals surface area (Å²) in [7, 11) is 0. The molecule has 0 atom stereocenters. The molecule has 1 nitrogen and oxygen atoms in total. The van der Waals surface area contributed by atoms with Crippen LogP contribution >= 0.6 is 15.9 Å². The summed E-state index contributed by atoms with van der Waals surface area (Å²) in [5.74, 6) is 0. The lowest BCUT2D eigenvalue weighted by Crippen LogP contribution is -2.11. The summed E-state index contributed by atoms with van der Waals surface area (Å²) in [4.78, 5) is 2.33. The van der Waals surface area contributed by atoms with Crippen LogP contribution in [0.25, 0.3) is 11.1 Å². The highest BCUT2D eigenvalue weighted by Gasteiger charge is 2.14. The van der Waals surface area contributed by atoms with Gasteiger partial charge in [-0.15, -0.1) is 0 Å². The monoisotopic (exact) mass is 441 g/mol. The highest BCUT2D eigenvalue weighted by molar-refractivity contribution is 9.10. The molecule has 0 spiro atoms.